The zero-order valence-electron chi connectivity index (χ0n) is 20.7. The summed E-state index contributed by atoms with van der Waals surface area (Å²) < 4.78 is 0. The molecule has 0 fully saturated rings. The van der Waals surface area contributed by atoms with Crippen molar-refractivity contribution >= 4 is 32.7 Å². The monoisotopic (exact) mass is 422 g/mol. The predicted octanol–water partition coefficient (Wildman–Crippen LogP) is 10.3. The maximum Gasteiger partial charge on any atom is -0.00266 e. The molecule has 3 rings (SSSR count). The van der Waals surface area contributed by atoms with Crippen molar-refractivity contribution < 1.29 is 0 Å². The van der Waals surface area contributed by atoms with Crippen LogP contribution in [-0.2, 0) is 0 Å². The van der Waals surface area contributed by atoms with Gasteiger partial charge in [0.2, 0.25) is 0 Å². The molecule has 0 aliphatic rings. The SMILES string of the molecule is C=C/C=C\C(=C/C)c1c2ccccc2c(/C(C=C)=C/C=C\C)c2ccccc12.CC.CC. The summed E-state index contributed by atoms with van der Waals surface area (Å²) in [4.78, 5) is 0. The molecule has 0 N–H and O–H groups in total. The Hall–Kier alpha value is -3.38. The third-order valence-electron chi connectivity index (χ3n) is 4.92. The van der Waals surface area contributed by atoms with E-state index in [1.54, 1.807) is 0 Å². The number of hydrogen-bond donors (Lipinski definition) is 0. The zero-order chi connectivity index (χ0) is 23.9. The molecule has 0 heteroatoms. The van der Waals surface area contributed by atoms with Crippen molar-refractivity contribution in [1.82, 2.24) is 0 Å². The topological polar surface area (TPSA) is 0 Å². The minimum atomic E-state index is 1.13. The van der Waals surface area contributed by atoms with Gasteiger partial charge in [-0.3, -0.25) is 0 Å². The van der Waals surface area contributed by atoms with Crippen LogP contribution in [0.3, 0.4) is 0 Å². The van der Waals surface area contributed by atoms with E-state index >= 15 is 0 Å². The third kappa shape index (κ3) is 5.86. The summed E-state index contributed by atoms with van der Waals surface area (Å²) >= 11 is 0. The molecule has 32 heavy (non-hydrogen) atoms. The van der Waals surface area contributed by atoms with Gasteiger partial charge in [0.1, 0.15) is 0 Å². The van der Waals surface area contributed by atoms with Crippen molar-refractivity contribution in [2.45, 2.75) is 41.5 Å². The molecule has 0 saturated carbocycles. The molecular formula is C32H38. The Bertz CT molecular complexity index is 1090. The molecular weight excluding hydrogens is 384 g/mol. The maximum absolute atomic E-state index is 4.08. The lowest BCUT2D eigenvalue weighted by Gasteiger charge is -2.18. The van der Waals surface area contributed by atoms with Crippen molar-refractivity contribution in [2.24, 2.45) is 0 Å². The van der Waals surface area contributed by atoms with Crippen molar-refractivity contribution in [3.63, 3.8) is 0 Å². The molecule has 3 aromatic carbocycles. The second-order valence-electron chi connectivity index (χ2n) is 6.53. The second kappa shape index (κ2) is 14.6. The number of fused-ring (bicyclic) bond motifs is 2. The number of benzene rings is 3. The molecule has 3 aromatic rings. The quantitative estimate of drug-likeness (QED) is 0.274. The fourth-order valence-electron chi connectivity index (χ4n) is 3.70. The van der Waals surface area contributed by atoms with E-state index in [9.17, 15) is 0 Å². The van der Waals surface area contributed by atoms with Gasteiger partial charge in [-0.25, -0.2) is 0 Å². The standard InChI is InChI=1S/C28H26.2C2H6/c1-5-9-15-21(7-3)27-23-17-11-13-19-25(23)28(22(8-4)16-10-6-2)26-20-14-12-18-24(26)27;2*1-2/h5-20H,1,4H2,2-3H3;2*1-2H3/b10-6-,15-9-,21-7+,22-16+;;. The highest BCUT2D eigenvalue weighted by molar-refractivity contribution is 6.17. The Balaban J connectivity index is 0.00000121. The molecule has 166 valence electrons. The van der Waals surface area contributed by atoms with Gasteiger partial charge in [-0.1, -0.05) is 138 Å². The van der Waals surface area contributed by atoms with Crippen LogP contribution in [0.2, 0.25) is 0 Å². The molecule has 0 heterocycles. The summed E-state index contributed by atoms with van der Waals surface area (Å²) in [7, 11) is 0. The summed E-state index contributed by atoms with van der Waals surface area (Å²) in [6.45, 7) is 20.0. The number of allylic oxidation sites excluding steroid dienone is 10. The van der Waals surface area contributed by atoms with Crippen LogP contribution in [0.5, 0.6) is 0 Å². The summed E-state index contributed by atoms with van der Waals surface area (Å²) in [5, 5.41) is 4.95. The molecule has 0 bridgehead atoms. The number of rotatable bonds is 6. The third-order valence-corrected chi connectivity index (χ3v) is 4.92. The summed E-state index contributed by atoms with van der Waals surface area (Å²) in [5.74, 6) is 0. The Morgan fingerprint density at radius 2 is 1.09 bits per heavy atom. The van der Waals surface area contributed by atoms with Crippen LogP contribution < -0.4 is 0 Å². The highest BCUT2D eigenvalue weighted by Gasteiger charge is 2.16. The Morgan fingerprint density at radius 3 is 1.44 bits per heavy atom. The minimum Gasteiger partial charge on any atom is -0.0991 e. The normalized spacial score (nSPS) is 11.8. The average molecular weight is 423 g/mol. The van der Waals surface area contributed by atoms with Crippen LogP contribution in [0.1, 0.15) is 52.7 Å². The average Bonchev–Trinajstić information content (AvgIpc) is 2.87. The van der Waals surface area contributed by atoms with Gasteiger partial charge in [0.15, 0.2) is 0 Å². The van der Waals surface area contributed by atoms with Gasteiger partial charge < -0.3 is 0 Å². The van der Waals surface area contributed by atoms with E-state index in [4.69, 9.17) is 0 Å². The summed E-state index contributed by atoms with van der Waals surface area (Å²) in [6, 6.07) is 17.3. The maximum atomic E-state index is 4.08. The summed E-state index contributed by atoms with van der Waals surface area (Å²) in [6.07, 6.45) is 16.3. The fourth-order valence-corrected chi connectivity index (χ4v) is 3.70. The molecule has 0 nitrogen and oxygen atoms in total. The highest BCUT2D eigenvalue weighted by atomic mass is 14.2. The van der Waals surface area contributed by atoms with Crippen LogP contribution in [0.15, 0.2) is 110 Å². The first-order valence-corrected chi connectivity index (χ1v) is 11.6. The first-order valence-electron chi connectivity index (χ1n) is 11.6. The summed E-state index contributed by atoms with van der Waals surface area (Å²) in [5.41, 5.74) is 4.80. The predicted molar refractivity (Wildman–Crippen MR) is 150 cm³/mol. The van der Waals surface area contributed by atoms with E-state index in [1.807, 2.05) is 58.9 Å². The lowest BCUT2D eigenvalue weighted by Crippen LogP contribution is -1.94. The van der Waals surface area contributed by atoms with E-state index in [0.29, 0.717) is 0 Å². The van der Waals surface area contributed by atoms with Crippen molar-refractivity contribution in [3.8, 4) is 0 Å². The molecule has 0 unspecified atom stereocenters. The van der Waals surface area contributed by atoms with Crippen LogP contribution in [0.4, 0.5) is 0 Å². The van der Waals surface area contributed by atoms with E-state index in [1.165, 1.54) is 38.2 Å². The molecule has 0 aliphatic carbocycles. The van der Waals surface area contributed by atoms with Crippen molar-refractivity contribution in [2.75, 3.05) is 0 Å². The molecule has 0 saturated heterocycles. The largest absolute Gasteiger partial charge is 0.0991 e. The van der Waals surface area contributed by atoms with Gasteiger partial charge in [-0.05, 0) is 57.7 Å². The van der Waals surface area contributed by atoms with E-state index in [0.717, 1.165) is 5.57 Å². The first kappa shape index (κ1) is 26.7. The molecule has 0 amide bonds. The van der Waals surface area contributed by atoms with Gasteiger partial charge in [-0.15, -0.1) is 0 Å². The second-order valence-corrected chi connectivity index (χ2v) is 6.53. The van der Waals surface area contributed by atoms with Crippen LogP contribution in [0, 0.1) is 0 Å². The van der Waals surface area contributed by atoms with Crippen LogP contribution in [0.25, 0.3) is 32.7 Å². The number of hydrogen-bond acceptors (Lipinski definition) is 0. The molecule has 0 radical (unpaired) electrons. The Kier molecular flexibility index (Phi) is 12.2. The van der Waals surface area contributed by atoms with Crippen molar-refractivity contribution in [3.05, 3.63) is 121 Å². The lowest BCUT2D eigenvalue weighted by atomic mass is 9.85. The van der Waals surface area contributed by atoms with E-state index < -0.39 is 0 Å². The Morgan fingerprint density at radius 1 is 0.656 bits per heavy atom. The molecule has 0 spiro atoms. The first-order chi connectivity index (χ1) is 15.8. The smallest absolute Gasteiger partial charge is 0.00266 e. The lowest BCUT2D eigenvalue weighted by molar-refractivity contribution is 1.50. The highest BCUT2D eigenvalue weighted by Crippen LogP contribution is 2.40. The molecule has 0 atom stereocenters. The van der Waals surface area contributed by atoms with Gasteiger partial charge in [0.05, 0.1) is 0 Å². The van der Waals surface area contributed by atoms with Crippen molar-refractivity contribution in [1.29, 1.82) is 0 Å². The fraction of sp³-hybridized carbons (Fsp3) is 0.188. The molecule has 0 aromatic heterocycles. The van der Waals surface area contributed by atoms with Crippen LogP contribution in [-0.4, -0.2) is 0 Å². The van der Waals surface area contributed by atoms with E-state index in [-0.39, 0.29) is 0 Å². The molecule has 0 aliphatic heterocycles. The zero-order valence-corrected chi connectivity index (χ0v) is 20.7. The van der Waals surface area contributed by atoms with Crippen LogP contribution >= 0.6 is 0 Å². The van der Waals surface area contributed by atoms with Gasteiger partial charge in [-0.2, -0.15) is 0 Å². The van der Waals surface area contributed by atoms with Gasteiger partial charge in [0, 0.05) is 0 Å². The Labute approximate surface area is 195 Å². The minimum absolute atomic E-state index is 1.13. The van der Waals surface area contributed by atoms with Gasteiger partial charge >= 0.3 is 0 Å². The van der Waals surface area contributed by atoms with E-state index in [2.05, 4.69) is 92.9 Å². The van der Waals surface area contributed by atoms with Gasteiger partial charge in [0.25, 0.3) is 0 Å².